The van der Waals surface area contributed by atoms with Crippen LogP contribution in [-0.2, 0) is 9.53 Å². The first kappa shape index (κ1) is 19.1. The van der Waals surface area contributed by atoms with Gasteiger partial charge in [-0.1, -0.05) is 38.3 Å². The maximum absolute atomic E-state index is 12.2. The fourth-order valence-electron chi connectivity index (χ4n) is 3.03. The van der Waals surface area contributed by atoms with Gasteiger partial charge >= 0.3 is 5.97 Å². The molecule has 0 unspecified atom stereocenters. The van der Waals surface area contributed by atoms with Gasteiger partial charge in [0.1, 0.15) is 0 Å². The monoisotopic (exact) mass is 369 g/mol. The highest BCUT2D eigenvalue weighted by atomic mass is 35.5. The van der Waals surface area contributed by atoms with Crippen molar-refractivity contribution in [2.24, 2.45) is 11.8 Å². The molecule has 1 aromatic rings. The minimum Gasteiger partial charge on any atom is -0.452 e. The number of hydrogen-bond donors (Lipinski definition) is 1. The van der Waals surface area contributed by atoms with Crippen LogP contribution in [0.15, 0.2) is 23.1 Å². The predicted octanol–water partition coefficient (Wildman–Crippen LogP) is 4.16. The van der Waals surface area contributed by atoms with Crippen molar-refractivity contribution in [3.63, 3.8) is 0 Å². The third-order valence-electron chi connectivity index (χ3n) is 4.78. The number of benzene rings is 1. The molecule has 4 nitrogen and oxygen atoms in total. The first-order valence-electron chi connectivity index (χ1n) is 8.22. The molecule has 24 heavy (non-hydrogen) atoms. The van der Waals surface area contributed by atoms with Crippen molar-refractivity contribution in [2.45, 2.75) is 44.0 Å². The lowest BCUT2D eigenvalue weighted by atomic mass is 9.78. The molecular weight excluding hydrogens is 346 g/mol. The molecule has 0 aliphatic heterocycles. The van der Waals surface area contributed by atoms with E-state index >= 15 is 0 Å². The van der Waals surface area contributed by atoms with E-state index in [1.54, 1.807) is 12.1 Å². The van der Waals surface area contributed by atoms with E-state index in [1.165, 1.54) is 18.2 Å². The number of carbonyl (C=O) groups is 2. The highest BCUT2D eigenvalue weighted by Gasteiger charge is 2.28. The Morgan fingerprint density at radius 1 is 1.33 bits per heavy atom. The van der Waals surface area contributed by atoms with E-state index in [0.717, 1.165) is 17.7 Å². The van der Waals surface area contributed by atoms with E-state index in [-0.39, 0.29) is 24.1 Å². The van der Waals surface area contributed by atoms with Crippen LogP contribution >= 0.6 is 23.4 Å². The Labute approximate surface area is 152 Å². The molecular formula is C18H24ClNO3S. The minimum atomic E-state index is -0.573. The van der Waals surface area contributed by atoms with Gasteiger partial charge in [-0.05, 0) is 42.7 Å². The fraction of sp³-hybridized carbons (Fsp3) is 0.556. The zero-order chi connectivity index (χ0) is 17.7. The van der Waals surface area contributed by atoms with E-state index < -0.39 is 5.97 Å². The van der Waals surface area contributed by atoms with Crippen LogP contribution in [0.3, 0.4) is 0 Å². The lowest BCUT2D eigenvalue weighted by molar-refractivity contribution is -0.125. The molecule has 1 fully saturated rings. The van der Waals surface area contributed by atoms with Gasteiger partial charge in [-0.25, -0.2) is 4.79 Å². The Bertz CT molecular complexity index is 608. The lowest BCUT2D eigenvalue weighted by Crippen LogP contribution is -2.45. The maximum atomic E-state index is 12.2. The second kappa shape index (κ2) is 8.77. The van der Waals surface area contributed by atoms with Gasteiger partial charge in [0.25, 0.3) is 5.91 Å². The molecule has 1 saturated carbocycles. The van der Waals surface area contributed by atoms with E-state index in [2.05, 4.69) is 19.2 Å². The maximum Gasteiger partial charge on any atom is 0.340 e. The number of thioether (sulfide) groups is 1. The summed E-state index contributed by atoms with van der Waals surface area (Å²) < 4.78 is 5.13. The first-order chi connectivity index (χ1) is 11.4. The van der Waals surface area contributed by atoms with Gasteiger partial charge < -0.3 is 10.1 Å². The Kier molecular flexibility index (Phi) is 6.99. The second-order valence-corrected chi connectivity index (χ2v) is 7.65. The third kappa shape index (κ3) is 4.90. The average Bonchev–Trinajstić information content (AvgIpc) is 2.57. The predicted molar refractivity (Wildman–Crippen MR) is 97.6 cm³/mol. The van der Waals surface area contributed by atoms with Gasteiger partial charge in [0.15, 0.2) is 6.61 Å². The zero-order valence-corrected chi connectivity index (χ0v) is 15.9. The Morgan fingerprint density at radius 2 is 2.08 bits per heavy atom. The van der Waals surface area contributed by atoms with Crippen molar-refractivity contribution in [1.82, 2.24) is 5.32 Å². The Morgan fingerprint density at radius 3 is 2.79 bits per heavy atom. The van der Waals surface area contributed by atoms with Gasteiger partial charge in [-0.15, -0.1) is 11.8 Å². The van der Waals surface area contributed by atoms with E-state index in [0.29, 0.717) is 16.9 Å². The van der Waals surface area contributed by atoms with Gasteiger partial charge in [0.2, 0.25) is 0 Å². The van der Waals surface area contributed by atoms with Crippen molar-refractivity contribution >= 4 is 35.2 Å². The van der Waals surface area contributed by atoms with Crippen LogP contribution in [0.2, 0.25) is 5.02 Å². The summed E-state index contributed by atoms with van der Waals surface area (Å²) in [6.45, 7) is 4.09. The molecule has 1 aromatic carbocycles. The highest BCUT2D eigenvalue weighted by Crippen LogP contribution is 2.29. The van der Waals surface area contributed by atoms with Crippen LogP contribution in [-0.4, -0.2) is 30.8 Å². The number of ether oxygens (including phenoxy) is 1. The van der Waals surface area contributed by atoms with Gasteiger partial charge in [-0.3, -0.25) is 4.79 Å². The van der Waals surface area contributed by atoms with Crippen LogP contribution < -0.4 is 5.32 Å². The van der Waals surface area contributed by atoms with Crippen molar-refractivity contribution in [3.05, 3.63) is 28.8 Å². The standard InChI is InChI=1S/C18H24ClNO3S/c1-11-5-4-6-16(12(11)2)20-17(21)10-23-18(22)14-9-13(24-3)7-8-15(14)19/h7-9,11-12,16H,4-6,10H2,1-3H3,(H,20,21)/t11-,12+,16-/m0/s1. The molecule has 1 aliphatic rings. The minimum absolute atomic E-state index is 0.156. The van der Waals surface area contributed by atoms with Crippen molar-refractivity contribution in [3.8, 4) is 0 Å². The quantitative estimate of drug-likeness (QED) is 0.625. The number of rotatable bonds is 5. The molecule has 1 N–H and O–H groups in total. The number of carbonyl (C=O) groups excluding carboxylic acids is 2. The number of esters is 1. The number of nitrogens with one attached hydrogen (secondary N) is 1. The molecule has 0 radical (unpaired) electrons. The normalized spacial score (nSPS) is 23.6. The molecule has 1 aliphatic carbocycles. The van der Waals surface area contributed by atoms with Crippen LogP contribution in [0.4, 0.5) is 0 Å². The first-order valence-corrected chi connectivity index (χ1v) is 9.82. The number of halogens is 1. The van der Waals surface area contributed by atoms with Gasteiger partial charge in [0, 0.05) is 10.9 Å². The summed E-state index contributed by atoms with van der Waals surface area (Å²) in [6.07, 6.45) is 5.21. The van der Waals surface area contributed by atoms with E-state index in [4.69, 9.17) is 16.3 Å². The fourth-order valence-corrected chi connectivity index (χ4v) is 3.67. The van der Waals surface area contributed by atoms with Crippen LogP contribution in [0, 0.1) is 11.8 Å². The number of hydrogen-bond acceptors (Lipinski definition) is 4. The van der Waals surface area contributed by atoms with Crippen molar-refractivity contribution in [2.75, 3.05) is 12.9 Å². The van der Waals surface area contributed by atoms with Crippen LogP contribution in [0.25, 0.3) is 0 Å². The summed E-state index contributed by atoms with van der Waals surface area (Å²) in [4.78, 5) is 25.2. The molecule has 132 valence electrons. The highest BCUT2D eigenvalue weighted by molar-refractivity contribution is 7.98. The average molecular weight is 370 g/mol. The zero-order valence-electron chi connectivity index (χ0n) is 14.3. The van der Waals surface area contributed by atoms with Gasteiger partial charge in [-0.2, -0.15) is 0 Å². The molecule has 0 heterocycles. The molecule has 1 amide bonds. The topological polar surface area (TPSA) is 55.4 Å². The van der Waals surface area contributed by atoms with Crippen LogP contribution in [0.1, 0.15) is 43.5 Å². The number of amides is 1. The molecule has 0 saturated heterocycles. The molecule has 0 aromatic heterocycles. The molecule has 0 spiro atoms. The van der Waals surface area contributed by atoms with E-state index in [1.807, 2.05) is 12.3 Å². The summed E-state index contributed by atoms with van der Waals surface area (Å²) in [5.41, 5.74) is 0.288. The molecule has 0 bridgehead atoms. The van der Waals surface area contributed by atoms with Gasteiger partial charge in [0.05, 0.1) is 10.6 Å². The Balaban J connectivity index is 1.88. The molecule has 2 rings (SSSR count). The largest absolute Gasteiger partial charge is 0.452 e. The van der Waals surface area contributed by atoms with Crippen molar-refractivity contribution < 1.29 is 14.3 Å². The SMILES string of the molecule is CSc1ccc(Cl)c(C(=O)OCC(=O)N[C@H]2CCC[C@H](C)[C@H]2C)c1. The summed E-state index contributed by atoms with van der Waals surface area (Å²) in [6, 6.07) is 5.33. The summed E-state index contributed by atoms with van der Waals surface area (Å²) in [7, 11) is 0. The van der Waals surface area contributed by atoms with Crippen molar-refractivity contribution in [1.29, 1.82) is 0 Å². The lowest BCUT2D eigenvalue weighted by Gasteiger charge is -2.34. The smallest absolute Gasteiger partial charge is 0.340 e. The summed E-state index contributed by atoms with van der Waals surface area (Å²) in [5, 5.41) is 3.32. The Hall–Kier alpha value is -1.20. The molecule has 6 heteroatoms. The summed E-state index contributed by atoms with van der Waals surface area (Å²) >= 11 is 7.55. The summed E-state index contributed by atoms with van der Waals surface area (Å²) in [5.74, 6) is 0.202. The van der Waals surface area contributed by atoms with Crippen LogP contribution in [0.5, 0.6) is 0 Å². The van der Waals surface area contributed by atoms with E-state index in [9.17, 15) is 9.59 Å². The molecule has 3 atom stereocenters. The second-order valence-electron chi connectivity index (χ2n) is 6.36. The third-order valence-corrected chi connectivity index (χ3v) is 5.84.